The second kappa shape index (κ2) is 7.73. The predicted molar refractivity (Wildman–Crippen MR) is 104 cm³/mol. The molecule has 1 fully saturated rings. The third kappa shape index (κ3) is 4.13. The third-order valence-electron chi connectivity index (χ3n) is 4.92. The molecule has 2 aromatic carbocycles. The number of hydrogen-bond donors (Lipinski definition) is 1. The number of nitrogens with one attached hydrogen (secondary N) is 1. The van der Waals surface area contributed by atoms with Crippen molar-refractivity contribution in [3.63, 3.8) is 0 Å². The van der Waals surface area contributed by atoms with Crippen LogP contribution in [0.5, 0.6) is 0 Å². The van der Waals surface area contributed by atoms with Crippen LogP contribution in [0.1, 0.15) is 42.9 Å². The predicted octanol–water partition coefficient (Wildman–Crippen LogP) is 3.79. The van der Waals surface area contributed by atoms with Gasteiger partial charge in [0.15, 0.2) is 0 Å². The highest BCUT2D eigenvalue weighted by atomic mass is 16.2. The number of anilines is 1. The van der Waals surface area contributed by atoms with E-state index in [1.54, 1.807) is 4.90 Å². The number of carbonyl (C=O) groups is 2. The van der Waals surface area contributed by atoms with Crippen LogP contribution in [0.4, 0.5) is 5.69 Å². The molecule has 0 aromatic heterocycles. The molecule has 1 aliphatic heterocycles. The van der Waals surface area contributed by atoms with Crippen molar-refractivity contribution in [3.05, 3.63) is 65.2 Å². The van der Waals surface area contributed by atoms with E-state index in [1.807, 2.05) is 37.3 Å². The summed E-state index contributed by atoms with van der Waals surface area (Å²) in [4.78, 5) is 26.6. The Morgan fingerprint density at radius 1 is 1.19 bits per heavy atom. The molecule has 1 unspecified atom stereocenters. The molecule has 136 valence electrons. The van der Waals surface area contributed by atoms with Gasteiger partial charge in [-0.05, 0) is 36.1 Å². The molecule has 1 heterocycles. The Morgan fingerprint density at radius 2 is 1.92 bits per heavy atom. The van der Waals surface area contributed by atoms with Crippen LogP contribution in [0.2, 0.25) is 0 Å². The van der Waals surface area contributed by atoms with E-state index in [-0.39, 0.29) is 24.2 Å². The van der Waals surface area contributed by atoms with Crippen molar-refractivity contribution >= 4 is 17.5 Å². The fourth-order valence-corrected chi connectivity index (χ4v) is 3.33. The maximum Gasteiger partial charge on any atom is 0.227 e. The van der Waals surface area contributed by atoms with E-state index < -0.39 is 0 Å². The van der Waals surface area contributed by atoms with Gasteiger partial charge in [0.25, 0.3) is 0 Å². The molecule has 1 atom stereocenters. The lowest BCUT2D eigenvalue weighted by Gasteiger charge is -2.18. The van der Waals surface area contributed by atoms with Crippen molar-refractivity contribution in [3.8, 4) is 0 Å². The molecule has 0 spiro atoms. The quantitative estimate of drug-likeness (QED) is 0.892. The van der Waals surface area contributed by atoms with Crippen molar-refractivity contribution in [2.24, 2.45) is 5.92 Å². The first-order chi connectivity index (χ1) is 12.4. The summed E-state index contributed by atoms with van der Waals surface area (Å²) in [6, 6.07) is 16.1. The topological polar surface area (TPSA) is 49.4 Å². The monoisotopic (exact) mass is 350 g/mol. The molecule has 1 aliphatic rings. The lowest BCUT2D eigenvalue weighted by molar-refractivity contribution is -0.126. The first-order valence-electron chi connectivity index (χ1n) is 9.17. The highest BCUT2D eigenvalue weighted by Gasteiger charge is 2.34. The number of carbonyl (C=O) groups excluding carboxylic acids is 2. The highest BCUT2D eigenvalue weighted by Crippen LogP contribution is 2.27. The third-order valence-corrected chi connectivity index (χ3v) is 4.92. The van der Waals surface area contributed by atoms with E-state index >= 15 is 0 Å². The van der Waals surface area contributed by atoms with Crippen LogP contribution in [0.25, 0.3) is 0 Å². The minimum Gasteiger partial charge on any atom is -0.352 e. The number of rotatable bonds is 5. The summed E-state index contributed by atoms with van der Waals surface area (Å²) in [6.07, 6.45) is 0.269. The maximum atomic E-state index is 12.5. The lowest BCUT2D eigenvalue weighted by atomic mass is 10.0. The summed E-state index contributed by atoms with van der Waals surface area (Å²) in [5.41, 5.74) is 4.36. The molecule has 0 aliphatic carbocycles. The molecule has 26 heavy (non-hydrogen) atoms. The first-order valence-corrected chi connectivity index (χ1v) is 9.17. The summed E-state index contributed by atoms with van der Waals surface area (Å²) in [6.45, 7) is 7.26. The van der Waals surface area contributed by atoms with Crippen LogP contribution in [0.15, 0.2) is 48.5 Å². The van der Waals surface area contributed by atoms with Gasteiger partial charge in [-0.15, -0.1) is 0 Å². The Balaban J connectivity index is 1.60. The average Bonchev–Trinajstić information content (AvgIpc) is 3.01. The van der Waals surface area contributed by atoms with E-state index in [2.05, 4.69) is 37.4 Å². The van der Waals surface area contributed by atoms with Gasteiger partial charge in [-0.25, -0.2) is 0 Å². The van der Waals surface area contributed by atoms with Crippen LogP contribution in [-0.4, -0.2) is 18.4 Å². The Bertz CT molecular complexity index is 796. The zero-order valence-corrected chi connectivity index (χ0v) is 15.7. The van der Waals surface area contributed by atoms with Gasteiger partial charge in [-0.3, -0.25) is 9.59 Å². The van der Waals surface area contributed by atoms with E-state index in [9.17, 15) is 9.59 Å². The van der Waals surface area contributed by atoms with Gasteiger partial charge in [0.05, 0.1) is 5.92 Å². The summed E-state index contributed by atoms with van der Waals surface area (Å²) in [5.74, 6) is 0.120. The Hall–Kier alpha value is -2.62. The fraction of sp³-hybridized carbons (Fsp3) is 0.364. The largest absolute Gasteiger partial charge is 0.352 e. The van der Waals surface area contributed by atoms with Crippen LogP contribution in [-0.2, 0) is 16.1 Å². The maximum absolute atomic E-state index is 12.5. The van der Waals surface area contributed by atoms with Gasteiger partial charge >= 0.3 is 0 Å². The number of aryl methyl sites for hydroxylation is 1. The molecular weight excluding hydrogens is 324 g/mol. The van der Waals surface area contributed by atoms with Crippen molar-refractivity contribution in [1.82, 2.24) is 5.32 Å². The highest BCUT2D eigenvalue weighted by molar-refractivity contribution is 6.00. The zero-order valence-electron chi connectivity index (χ0n) is 15.7. The van der Waals surface area contributed by atoms with Gasteiger partial charge < -0.3 is 10.2 Å². The molecule has 0 bridgehead atoms. The van der Waals surface area contributed by atoms with Crippen LogP contribution in [0, 0.1) is 12.8 Å². The van der Waals surface area contributed by atoms with Crippen LogP contribution in [0.3, 0.4) is 0 Å². The lowest BCUT2D eigenvalue weighted by Crippen LogP contribution is -2.32. The van der Waals surface area contributed by atoms with Gasteiger partial charge in [0.2, 0.25) is 11.8 Å². The van der Waals surface area contributed by atoms with Gasteiger partial charge in [0.1, 0.15) is 0 Å². The Kier molecular flexibility index (Phi) is 5.40. The molecule has 2 aromatic rings. The summed E-state index contributed by atoms with van der Waals surface area (Å²) >= 11 is 0. The van der Waals surface area contributed by atoms with E-state index in [0.717, 1.165) is 11.3 Å². The summed E-state index contributed by atoms with van der Waals surface area (Å²) < 4.78 is 0. The van der Waals surface area contributed by atoms with Crippen LogP contribution < -0.4 is 10.2 Å². The smallest absolute Gasteiger partial charge is 0.227 e. The normalized spacial score (nSPS) is 17.0. The van der Waals surface area contributed by atoms with E-state index in [0.29, 0.717) is 19.0 Å². The van der Waals surface area contributed by atoms with Crippen LogP contribution >= 0.6 is 0 Å². The summed E-state index contributed by atoms with van der Waals surface area (Å²) in [7, 11) is 0. The first kappa shape index (κ1) is 18.2. The molecule has 4 heteroatoms. The van der Waals surface area contributed by atoms with E-state index in [1.165, 1.54) is 11.1 Å². The van der Waals surface area contributed by atoms with Gasteiger partial charge in [-0.2, -0.15) is 0 Å². The second-order valence-electron chi connectivity index (χ2n) is 7.36. The minimum absolute atomic E-state index is 0.0120. The van der Waals surface area contributed by atoms with Crippen molar-refractivity contribution in [2.75, 3.05) is 11.4 Å². The number of amides is 2. The SMILES string of the molecule is Cc1cccc(CNC(=O)C2CC(=O)N(c3ccc(C(C)C)cc3)C2)c1. The molecule has 1 saturated heterocycles. The number of nitrogens with zero attached hydrogens (tertiary/aromatic N) is 1. The van der Waals surface area contributed by atoms with Crippen molar-refractivity contribution < 1.29 is 9.59 Å². The van der Waals surface area contributed by atoms with Crippen molar-refractivity contribution in [1.29, 1.82) is 0 Å². The molecular formula is C22H26N2O2. The Labute approximate surface area is 155 Å². The molecule has 1 N–H and O–H groups in total. The Morgan fingerprint density at radius 3 is 2.58 bits per heavy atom. The van der Waals surface area contributed by atoms with Gasteiger partial charge in [0, 0.05) is 25.2 Å². The average molecular weight is 350 g/mol. The second-order valence-corrected chi connectivity index (χ2v) is 7.36. The standard InChI is InChI=1S/C22H26N2O2/c1-15(2)18-7-9-20(10-8-18)24-14-19(12-21(24)25)22(26)23-13-17-6-4-5-16(3)11-17/h4-11,15,19H,12-14H2,1-3H3,(H,23,26). The molecule has 4 nitrogen and oxygen atoms in total. The number of benzene rings is 2. The fourth-order valence-electron chi connectivity index (χ4n) is 3.33. The molecule has 0 radical (unpaired) electrons. The van der Waals surface area contributed by atoms with Gasteiger partial charge in [-0.1, -0.05) is 55.8 Å². The van der Waals surface area contributed by atoms with Crippen molar-refractivity contribution in [2.45, 2.75) is 39.7 Å². The summed E-state index contributed by atoms with van der Waals surface area (Å²) in [5, 5.41) is 2.97. The molecule has 2 amide bonds. The molecule has 0 saturated carbocycles. The zero-order chi connectivity index (χ0) is 18.7. The number of hydrogen-bond acceptors (Lipinski definition) is 2. The molecule has 3 rings (SSSR count). The minimum atomic E-state index is -0.294. The van der Waals surface area contributed by atoms with E-state index in [4.69, 9.17) is 0 Å².